The van der Waals surface area contributed by atoms with Gasteiger partial charge in [-0.2, -0.15) is 0 Å². The van der Waals surface area contributed by atoms with E-state index in [0.29, 0.717) is 61.2 Å². The van der Waals surface area contributed by atoms with Gasteiger partial charge in [0.05, 0.1) is 12.8 Å². The number of halogens is 1. The van der Waals surface area contributed by atoms with Gasteiger partial charge in [-0.25, -0.2) is 14.0 Å². The van der Waals surface area contributed by atoms with Gasteiger partial charge in [-0.1, -0.05) is 39.8 Å². The lowest BCUT2D eigenvalue weighted by Crippen LogP contribution is -2.54. The fourth-order valence-corrected chi connectivity index (χ4v) is 6.92. The Kier molecular flexibility index (Phi) is 11.9. The molecule has 2 aromatic carbocycles. The number of hydrogen-bond donors (Lipinski definition) is 6. The molecule has 0 saturated carbocycles. The van der Waals surface area contributed by atoms with E-state index in [0.717, 1.165) is 0 Å². The van der Waals surface area contributed by atoms with Crippen LogP contribution in [0.1, 0.15) is 53.4 Å². The Labute approximate surface area is 306 Å². The zero-order valence-corrected chi connectivity index (χ0v) is 30.3. The molecule has 0 bridgehead atoms. The van der Waals surface area contributed by atoms with E-state index in [1.807, 2.05) is 0 Å². The summed E-state index contributed by atoms with van der Waals surface area (Å²) in [7, 11) is 1.21. The number of methoxy groups -OCH3 is 1. The van der Waals surface area contributed by atoms with Crippen LogP contribution in [0.15, 0.2) is 42.5 Å². The summed E-state index contributed by atoms with van der Waals surface area (Å²) in [4.78, 5) is 82.3. The number of amides is 6. The molecule has 6 N–H and O–H groups in total. The highest BCUT2D eigenvalue weighted by Gasteiger charge is 2.40. The Hall–Kier alpha value is -5.67. The molecular weight excluding hydrogens is 689 g/mol. The van der Waals surface area contributed by atoms with Crippen LogP contribution >= 0.6 is 0 Å². The predicted octanol–water partition coefficient (Wildman–Crippen LogP) is 4.51. The third-order valence-electron chi connectivity index (χ3n) is 9.72. The lowest BCUT2D eigenvalue weighted by molar-refractivity contribution is -0.139. The molecule has 16 heteroatoms. The SMILES string of the molecule is COC(=O)NC(C(=O)N1CCC[C@H]1C(=O)Nc1ccc2[nH]c(-c3ccc(NC(=O)[C@@H]4CCCN4C(=O)C(NC(=O)O)C(C)C)cc3)c(F)c2c1)C(C)C. The molecule has 2 saturated heterocycles. The maximum absolute atomic E-state index is 15.8. The highest BCUT2D eigenvalue weighted by Crippen LogP contribution is 2.32. The van der Waals surface area contributed by atoms with Gasteiger partial charge in [-0.05, 0) is 67.9 Å². The summed E-state index contributed by atoms with van der Waals surface area (Å²) in [6, 6.07) is 7.92. The minimum atomic E-state index is -1.31. The maximum Gasteiger partial charge on any atom is 0.407 e. The van der Waals surface area contributed by atoms with Crippen molar-refractivity contribution >= 4 is 58.1 Å². The number of ether oxygens (including phenoxy) is 1. The van der Waals surface area contributed by atoms with E-state index in [2.05, 4.69) is 31.0 Å². The number of carbonyl (C=O) groups is 6. The van der Waals surface area contributed by atoms with Gasteiger partial charge in [0.15, 0.2) is 5.82 Å². The summed E-state index contributed by atoms with van der Waals surface area (Å²) in [5.41, 5.74) is 1.96. The molecule has 15 nitrogen and oxygen atoms in total. The van der Waals surface area contributed by atoms with Crippen molar-refractivity contribution in [1.29, 1.82) is 0 Å². The van der Waals surface area contributed by atoms with Crippen LogP contribution in [0, 0.1) is 17.7 Å². The number of rotatable bonds is 11. The zero-order chi connectivity index (χ0) is 38.6. The quantitative estimate of drug-likeness (QED) is 0.165. The van der Waals surface area contributed by atoms with Crippen LogP contribution in [0.25, 0.3) is 22.2 Å². The van der Waals surface area contributed by atoms with Crippen LogP contribution in [-0.2, 0) is 23.9 Å². The number of aromatic nitrogens is 1. The van der Waals surface area contributed by atoms with Gasteiger partial charge in [-0.3, -0.25) is 19.2 Å². The van der Waals surface area contributed by atoms with E-state index >= 15 is 4.39 Å². The van der Waals surface area contributed by atoms with Crippen molar-refractivity contribution < 1.29 is 43.0 Å². The van der Waals surface area contributed by atoms with Crippen molar-refractivity contribution in [3.8, 4) is 11.3 Å². The number of nitrogens with zero attached hydrogens (tertiary/aromatic N) is 2. The van der Waals surface area contributed by atoms with Crippen molar-refractivity contribution in [2.24, 2.45) is 11.8 Å². The van der Waals surface area contributed by atoms with Crippen molar-refractivity contribution in [3.63, 3.8) is 0 Å². The highest BCUT2D eigenvalue weighted by atomic mass is 19.1. The Morgan fingerprint density at radius 1 is 0.792 bits per heavy atom. The number of benzene rings is 2. The third-order valence-corrected chi connectivity index (χ3v) is 9.72. The van der Waals surface area contributed by atoms with E-state index in [1.165, 1.54) is 23.0 Å². The van der Waals surface area contributed by atoms with Gasteiger partial charge < -0.3 is 45.9 Å². The van der Waals surface area contributed by atoms with E-state index in [1.54, 1.807) is 64.1 Å². The number of hydrogen-bond acceptors (Lipinski definition) is 7. The summed E-state index contributed by atoms with van der Waals surface area (Å²) in [5, 5.41) is 19.9. The smallest absolute Gasteiger partial charge is 0.407 e. The van der Waals surface area contributed by atoms with Crippen molar-refractivity contribution in [2.45, 2.75) is 77.5 Å². The first-order chi connectivity index (χ1) is 25.2. The fraction of sp³-hybridized carbons (Fsp3) is 0.459. The summed E-state index contributed by atoms with van der Waals surface area (Å²) in [6.07, 6.45) is 0.0107. The normalized spacial score (nSPS) is 18.2. The molecule has 5 rings (SSSR count). The Morgan fingerprint density at radius 2 is 1.30 bits per heavy atom. The summed E-state index contributed by atoms with van der Waals surface area (Å²) >= 11 is 0. The molecule has 0 radical (unpaired) electrons. The minimum absolute atomic E-state index is 0.199. The van der Waals surface area contributed by atoms with Gasteiger partial charge in [0.1, 0.15) is 24.2 Å². The molecule has 0 spiro atoms. The third kappa shape index (κ3) is 8.53. The second-order valence-electron chi connectivity index (χ2n) is 14.0. The molecule has 2 aliphatic heterocycles. The molecular formula is C37H46FN7O8. The number of aromatic amines is 1. The van der Waals surface area contributed by atoms with Crippen LogP contribution in [0.4, 0.5) is 25.4 Å². The molecule has 284 valence electrons. The average Bonchev–Trinajstić information content (AvgIpc) is 3.89. The number of alkyl carbamates (subject to hydrolysis) is 1. The van der Waals surface area contributed by atoms with Crippen LogP contribution in [-0.4, -0.2) is 100 Å². The Morgan fingerprint density at radius 3 is 1.81 bits per heavy atom. The van der Waals surface area contributed by atoms with Gasteiger partial charge in [0.2, 0.25) is 23.6 Å². The number of fused-ring (bicyclic) bond motifs is 1. The van der Waals surface area contributed by atoms with Crippen molar-refractivity contribution in [1.82, 2.24) is 25.4 Å². The van der Waals surface area contributed by atoms with E-state index in [-0.39, 0.29) is 28.8 Å². The molecule has 1 aromatic heterocycles. The summed E-state index contributed by atoms with van der Waals surface area (Å²) in [6.45, 7) is 7.71. The predicted molar refractivity (Wildman–Crippen MR) is 194 cm³/mol. The molecule has 6 amide bonds. The number of carboxylic acid groups (broad SMARTS) is 1. The maximum atomic E-state index is 15.8. The monoisotopic (exact) mass is 735 g/mol. The molecule has 2 aliphatic rings. The molecule has 4 atom stereocenters. The van der Waals surface area contributed by atoms with E-state index in [9.17, 15) is 33.9 Å². The second kappa shape index (κ2) is 16.3. The number of H-pyrrole nitrogens is 1. The number of anilines is 2. The van der Waals surface area contributed by atoms with Crippen LogP contribution in [0.5, 0.6) is 0 Å². The van der Waals surface area contributed by atoms with Gasteiger partial charge in [0.25, 0.3) is 0 Å². The summed E-state index contributed by atoms with van der Waals surface area (Å²) < 4.78 is 20.5. The van der Waals surface area contributed by atoms with Crippen molar-refractivity contribution in [3.05, 3.63) is 48.3 Å². The number of carbonyl (C=O) groups excluding carboxylic acids is 5. The fourth-order valence-electron chi connectivity index (χ4n) is 6.92. The standard InChI is InChI=1S/C37H46FN7O8/c1-19(2)29(42-36(50)51)34(48)44-16-6-8-26(44)32(46)39-22-12-10-21(11-13-22)31-28(38)24-18-23(14-15-25(24)41-31)40-33(47)27-9-7-17-45(27)35(49)30(20(3)4)43-37(52)53-5/h10-15,18-20,26-27,29-30,41-42H,6-9,16-17H2,1-5H3,(H,39,46)(H,40,47)(H,43,52)(H,50,51)/t26-,27-,29?,30?/m0/s1. The van der Waals surface area contributed by atoms with Gasteiger partial charge in [-0.15, -0.1) is 0 Å². The van der Waals surface area contributed by atoms with Crippen LogP contribution < -0.4 is 21.3 Å². The molecule has 3 heterocycles. The number of nitrogens with one attached hydrogen (secondary N) is 5. The van der Waals surface area contributed by atoms with Gasteiger partial charge in [0, 0.05) is 40.9 Å². The van der Waals surface area contributed by atoms with E-state index in [4.69, 9.17) is 0 Å². The first kappa shape index (κ1) is 38.6. The second-order valence-corrected chi connectivity index (χ2v) is 14.0. The Balaban J connectivity index is 1.25. The first-order valence-electron chi connectivity index (χ1n) is 17.7. The average molecular weight is 736 g/mol. The van der Waals surface area contributed by atoms with Crippen LogP contribution in [0.3, 0.4) is 0 Å². The van der Waals surface area contributed by atoms with Gasteiger partial charge >= 0.3 is 12.2 Å². The van der Waals surface area contributed by atoms with Crippen molar-refractivity contribution in [2.75, 3.05) is 30.8 Å². The molecule has 53 heavy (non-hydrogen) atoms. The molecule has 2 fully saturated rings. The lowest BCUT2D eigenvalue weighted by Gasteiger charge is -2.30. The summed E-state index contributed by atoms with van der Waals surface area (Å²) in [5.74, 6) is -2.77. The highest BCUT2D eigenvalue weighted by molar-refractivity contribution is 6.01. The van der Waals surface area contributed by atoms with Crippen LogP contribution in [0.2, 0.25) is 0 Å². The van der Waals surface area contributed by atoms with E-state index < -0.39 is 59.9 Å². The topological polar surface area (TPSA) is 202 Å². The molecule has 0 aliphatic carbocycles. The zero-order valence-electron chi connectivity index (χ0n) is 30.3. The minimum Gasteiger partial charge on any atom is -0.465 e. The first-order valence-corrected chi connectivity index (χ1v) is 17.7. The molecule has 3 aromatic rings. The number of likely N-dealkylation sites (tertiary alicyclic amines) is 2. The lowest BCUT2D eigenvalue weighted by atomic mass is 10.0. The Bertz CT molecular complexity index is 1880. The largest absolute Gasteiger partial charge is 0.465 e. The molecule has 2 unspecified atom stereocenters.